The lowest BCUT2D eigenvalue weighted by Crippen LogP contribution is -2.43. The normalized spacial score (nSPS) is 27.2. The summed E-state index contributed by atoms with van der Waals surface area (Å²) >= 11 is 0. The van der Waals surface area contributed by atoms with Crippen molar-refractivity contribution < 1.29 is 0 Å². The third kappa shape index (κ3) is 2.95. The highest BCUT2D eigenvalue weighted by molar-refractivity contribution is 5.43. The van der Waals surface area contributed by atoms with Crippen LogP contribution in [0.25, 0.3) is 0 Å². The van der Waals surface area contributed by atoms with Gasteiger partial charge in [-0.15, -0.1) is 0 Å². The lowest BCUT2D eigenvalue weighted by atomic mass is 10.1. The number of nitrogens with zero attached hydrogens (tertiary/aromatic N) is 2. The van der Waals surface area contributed by atoms with Gasteiger partial charge in [-0.1, -0.05) is 0 Å². The minimum absolute atomic E-state index is 0.606. The fourth-order valence-electron chi connectivity index (χ4n) is 2.26. The Morgan fingerprint density at radius 2 is 1.94 bits per heavy atom. The topological polar surface area (TPSA) is 28.2 Å². The minimum atomic E-state index is 0.606. The molecule has 1 aliphatic rings. The summed E-state index contributed by atoms with van der Waals surface area (Å²) in [6, 6.07) is 5.38. The monoisotopic (exact) mass is 219 g/mol. The molecule has 0 saturated carbocycles. The van der Waals surface area contributed by atoms with Gasteiger partial charge in [-0.25, -0.2) is 0 Å². The van der Waals surface area contributed by atoms with E-state index in [-0.39, 0.29) is 0 Å². The molecule has 2 rings (SSSR count). The standard InChI is InChI=1S/C13H21N3/c1-11-5-8-16(9-6-12(2)15-11)13-4-3-7-14-10-13/h3-4,7,10-12,15H,5-6,8-9H2,1-2H3. The summed E-state index contributed by atoms with van der Waals surface area (Å²) in [4.78, 5) is 6.64. The summed E-state index contributed by atoms with van der Waals surface area (Å²) in [5.74, 6) is 0. The van der Waals surface area contributed by atoms with Crippen LogP contribution < -0.4 is 10.2 Å². The molecule has 3 nitrogen and oxygen atoms in total. The Bertz CT molecular complexity index is 300. The van der Waals surface area contributed by atoms with Crippen molar-refractivity contribution in [1.82, 2.24) is 10.3 Å². The molecule has 2 heterocycles. The Labute approximate surface area is 97.9 Å². The summed E-state index contributed by atoms with van der Waals surface area (Å²) in [7, 11) is 0. The Kier molecular flexibility index (Phi) is 3.78. The van der Waals surface area contributed by atoms with E-state index in [4.69, 9.17) is 0 Å². The average Bonchev–Trinajstić information content (AvgIpc) is 2.28. The van der Waals surface area contributed by atoms with Gasteiger partial charge in [0, 0.05) is 31.4 Å². The highest BCUT2D eigenvalue weighted by atomic mass is 15.1. The van der Waals surface area contributed by atoms with Crippen LogP contribution >= 0.6 is 0 Å². The predicted molar refractivity (Wildman–Crippen MR) is 67.7 cm³/mol. The summed E-state index contributed by atoms with van der Waals surface area (Å²) in [5.41, 5.74) is 1.25. The largest absolute Gasteiger partial charge is 0.370 e. The maximum atomic E-state index is 4.19. The van der Waals surface area contributed by atoms with Gasteiger partial charge in [-0.2, -0.15) is 0 Å². The SMILES string of the molecule is CC1CCN(c2cccnc2)CCC(C)N1. The zero-order valence-electron chi connectivity index (χ0n) is 10.2. The van der Waals surface area contributed by atoms with Crippen LogP contribution in [0, 0.1) is 0 Å². The first kappa shape index (κ1) is 11.4. The second-order valence-electron chi connectivity index (χ2n) is 4.74. The average molecular weight is 219 g/mol. The maximum absolute atomic E-state index is 4.19. The van der Waals surface area contributed by atoms with E-state index < -0.39 is 0 Å². The third-order valence-electron chi connectivity index (χ3n) is 3.24. The number of anilines is 1. The molecule has 1 N–H and O–H groups in total. The number of hydrogen-bond acceptors (Lipinski definition) is 3. The molecule has 0 amide bonds. The second kappa shape index (κ2) is 5.30. The van der Waals surface area contributed by atoms with Gasteiger partial charge in [-0.3, -0.25) is 4.98 Å². The third-order valence-corrected chi connectivity index (χ3v) is 3.24. The van der Waals surface area contributed by atoms with Crippen molar-refractivity contribution in [1.29, 1.82) is 0 Å². The molecule has 1 aromatic heterocycles. The van der Waals surface area contributed by atoms with E-state index in [1.807, 2.05) is 18.5 Å². The molecule has 88 valence electrons. The van der Waals surface area contributed by atoms with Crippen molar-refractivity contribution in [3.8, 4) is 0 Å². The number of rotatable bonds is 1. The van der Waals surface area contributed by atoms with Gasteiger partial charge < -0.3 is 10.2 Å². The number of hydrogen-bond donors (Lipinski definition) is 1. The Hall–Kier alpha value is -1.09. The van der Waals surface area contributed by atoms with E-state index in [0.717, 1.165) is 13.1 Å². The van der Waals surface area contributed by atoms with Crippen molar-refractivity contribution in [2.75, 3.05) is 18.0 Å². The van der Waals surface area contributed by atoms with E-state index in [0.29, 0.717) is 12.1 Å². The highest BCUT2D eigenvalue weighted by Gasteiger charge is 2.15. The zero-order chi connectivity index (χ0) is 11.4. The molecule has 0 aromatic carbocycles. The molecule has 1 fully saturated rings. The molecule has 2 unspecified atom stereocenters. The molecule has 1 aliphatic heterocycles. The first-order valence-electron chi connectivity index (χ1n) is 6.17. The summed E-state index contributed by atoms with van der Waals surface area (Å²) < 4.78 is 0. The number of pyridine rings is 1. The van der Waals surface area contributed by atoms with Crippen LogP contribution in [0.3, 0.4) is 0 Å². The summed E-state index contributed by atoms with van der Waals surface area (Å²) in [6.45, 7) is 6.77. The molecule has 0 radical (unpaired) electrons. The molecular formula is C13H21N3. The Morgan fingerprint density at radius 3 is 2.50 bits per heavy atom. The quantitative estimate of drug-likeness (QED) is 0.783. The minimum Gasteiger partial charge on any atom is -0.370 e. The fraction of sp³-hybridized carbons (Fsp3) is 0.615. The first-order valence-corrected chi connectivity index (χ1v) is 6.17. The fourth-order valence-corrected chi connectivity index (χ4v) is 2.26. The van der Waals surface area contributed by atoms with Crippen LogP contribution in [-0.2, 0) is 0 Å². The van der Waals surface area contributed by atoms with Crippen molar-refractivity contribution in [2.24, 2.45) is 0 Å². The molecule has 0 spiro atoms. The number of aromatic nitrogens is 1. The van der Waals surface area contributed by atoms with Gasteiger partial charge in [0.2, 0.25) is 0 Å². The van der Waals surface area contributed by atoms with Crippen LogP contribution in [0.5, 0.6) is 0 Å². The van der Waals surface area contributed by atoms with E-state index in [2.05, 4.69) is 35.1 Å². The Balaban J connectivity index is 2.04. The lowest BCUT2D eigenvalue weighted by molar-refractivity contribution is 0.404. The number of nitrogens with one attached hydrogen (secondary N) is 1. The van der Waals surface area contributed by atoms with Crippen molar-refractivity contribution in [2.45, 2.75) is 38.8 Å². The van der Waals surface area contributed by atoms with Gasteiger partial charge in [0.25, 0.3) is 0 Å². The second-order valence-corrected chi connectivity index (χ2v) is 4.74. The lowest BCUT2D eigenvalue weighted by Gasteiger charge is -2.32. The van der Waals surface area contributed by atoms with E-state index in [9.17, 15) is 0 Å². The Morgan fingerprint density at radius 1 is 1.25 bits per heavy atom. The van der Waals surface area contributed by atoms with Gasteiger partial charge in [-0.05, 0) is 38.8 Å². The summed E-state index contributed by atoms with van der Waals surface area (Å²) in [5, 5.41) is 3.61. The van der Waals surface area contributed by atoms with Crippen LogP contribution in [0.1, 0.15) is 26.7 Å². The van der Waals surface area contributed by atoms with Crippen LogP contribution in [0.4, 0.5) is 5.69 Å². The van der Waals surface area contributed by atoms with Gasteiger partial charge in [0.05, 0.1) is 11.9 Å². The molecular weight excluding hydrogens is 198 g/mol. The van der Waals surface area contributed by atoms with Crippen molar-refractivity contribution in [3.05, 3.63) is 24.5 Å². The van der Waals surface area contributed by atoms with Crippen LogP contribution in [0.2, 0.25) is 0 Å². The predicted octanol–water partition coefficient (Wildman–Crippen LogP) is 2.05. The first-order chi connectivity index (χ1) is 7.75. The summed E-state index contributed by atoms with van der Waals surface area (Å²) in [6.07, 6.45) is 6.18. The van der Waals surface area contributed by atoms with E-state index in [1.54, 1.807) is 0 Å². The van der Waals surface area contributed by atoms with Crippen molar-refractivity contribution >= 4 is 5.69 Å². The molecule has 0 bridgehead atoms. The molecule has 0 aliphatic carbocycles. The smallest absolute Gasteiger partial charge is 0.0552 e. The van der Waals surface area contributed by atoms with Gasteiger partial charge in [0.15, 0.2) is 0 Å². The van der Waals surface area contributed by atoms with Gasteiger partial charge in [0.1, 0.15) is 0 Å². The van der Waals surface area contributed by atoms with Crippen LogP contribution in [0.15, 0.2) is 24.5 Å². The van der Waals surface area contributed by atoms with E-state index in [1.165, 1.54) is 18.5 Å². The van der Waals surface area contributed by atoms with Gasteiger partial charge >= 0.3 is 0 Å². The highest BCUT2D eigenvalue weighted by Crippen LogP contribution is 2.15. The van der Waals surface area contributed by atoms with E-state index >= 15 is 0 Å². The molecule has 16 heavy (non-hydrogen) atoms. The van der Waals surface area contributed by atoms with Crippen molar-refractivity contribution in [3.63, 3.8) is 0 Å². The molecule has 3 heteroatoms. The molecule has 2 atom stereocenters. The molecule has 1 saturated heterocycles. The molecule has 1 aromatic rings. The zero-order valence-corrected chi connectivity index (χ0v) is 10.2. The van der Waals surface area contributed by atoms with Crippen LogP contribution in [-0.4, -0.2) is 30.2 Å². The maximum Gasteiger partial charge on any atom is 0.0552 e.